The van der Waals surface area contributed by atoms with Crippen LogP contribution in [-0.4, -0.2) is 25.1 Å². The van der Waals surface area contributed by atoms with E-state index in [0.717, 1.165) is 36.3 Å². The number of nitrogens with one attached hydrogen (secondary N) is 1. The number of hydrogen-bond donors (Lipinski definition) is 1. The summed E-state index contributed by atoms with van der Waals surface area (Å²) in [5, 5.41) is 2.79. The SMILES string of the molecule is CCOc1ccccc1CCC(=O)OCC(=O)Nc1ccc2c(c1)CCC2. The molecule has 0 bridgehead atoms. The Morgan fingerprint density at radius 2 is 1.89 bits per heavy atom. The molecule has 5 nitrogen and oxygen atoms in total. The highest BCUT2D eigenvalue weighted by Gasteiger charge is 2.13. The molecule has 0 heterocycles. The van der Waals surface area contributed by atoms with Gasteiger partial charge in [-0.3, -0.25) is 9.59 Å². The molecule has 0 spiro atoms. The zero-order chi connectivity index (χ0) is 19.1. The molecule has 0 aliphatic heterocycles. The molecule has 0 fully saturated rings. The summed E-state index contributed by atoms with van der Waals surface area (Å²) in [5.41, 5.74) is 4.35. The Labute approximate surface area is 159 Å². The molecule has 0 radical (unpaired) electrons. The van der Waals surface area contributed by atoms with E-state index in [1.165, 1.54) is 11.1 Å². The molecule has 142 valence electrons. The van der Waals surface area contributed by atoms with Crippen molar-refractivity contribution >= 4 is 17.6 Å². The summed E-state index contributed by atoms with van der Waals surface area (Å²) >= 11 is 0. The van der Waals surface area contributed by atoms with Crippen LogP contribution in [-0.2, 0) is 33.6 Å². The van der Waals surface area contributed by atoms with E-state index in [-0.39, 0.29) is 18.9 Å². The highest BCUT2D eigenvalue weighted by Crippen LogP contribution is 2.25. The van der Waals surface area contributed by atoms with Crippen LogP contribution in [0.15, 0.2) is 42.5 Å². The number of carbonyl (C=O) groups excluding carboxylic acids is 2. The van der Waals surface area contributed by atoms with Gasteiger partial charge in [0.1, 0.15) is 5.75 Å². The minimum Gasteiger partial charge on any atom is -0.494 e. The second-order valence-electron chi connectivity index (χ2n) is 6.59. The van der Waals surface area contributed by atoms with Crippen molar-refractivity contribution in [2.45, 2.75) is 39.0 Å². The van der Waals surface area contributed by atoms with Gasteiger partial charge in [0, 0.05) is 12.1 Å². The van der Waals surface area contributed by atoms with Crippen LogP contribution in [0, 0.1) is 0 Å². The van der Waals surface area contributed by atoms with Crippen LogP contribution in [0.2, 0.25) is 0 Å². The van der Waals surface area contributed by atoms with Gasteiger partial charge in [0.15, 0.2) is 6.61 Å². The van der Waals surface area contributed by atoms with Crippen molar-refractivity contribution in [3.63, 3.8) is 0 Å². The van der Waals surface area contributed by atoms with Gasteiger partial charge in [-0.05, 0) is 67.5 Å². The zero-order valence-electron chi connectivity index (χ0n) is 15.6. The van der Waals surface area contributed by atoms with Crippen LogP contribution in [0.3, 0.4) is 0 Å². The lowest BCUT2D eigenvalue weighted by Crippen LogP contribution is -2.21. The number of benzene rings is 2. The van der Waals surface area contributed by atoms with Crippen molar-refractivity contribution in [1.29, 1.82) is 0 Å². The average molecular weight is 367 g/mol. The molecule has 0 unspecified atom stereocenters. The summed E-state index contributed by atoms with van der Waals surface area (Å²) in [6.45, 7) is 2.22. The number of anilines is 1. The number of amides is 1. The first-order valence-electron chi connectivity index (χ1n) is 9.43. The van der Waals surface area contributed by atoms with E-state index in [4.69, 9.17) is 9.47 Å². The molecule has 1 aliphatic carbocycles. The molecular formula is C22H25NO4. The number of aryl methyl sites for hydroxylation is 3. The Kier molecular flexibility index (Phi) is 6.47. The predicted molar refractivity (Wildman–Crippen MR) is 104 cm³/mol. The Balaban J connectivity index is 1.43. The lowest BCUT2D eigenvalue weighted by molar-refractivity contribution is -0.147. The number of ether oxygens (including phenoxy) is 2. The normalized spacial score (nSPS) is 12.3. The molecule has 3 rings (SSSR count). The molecule has 1 amide bonds. The molecule has 0 saturated carbocycles. The molecule has 0 saturated heterocycles. The third kappa shape index (κ3) is 5.33. The van der Waals surface area contributed by atoms with Crippen LogP contribution in [0.4, 0.5) is 5.69 Å². The minimum atomic E-state index is -0.398. The number of esters is 1. The fourth-order valence-electron chi connectivity index (χ4n) is 3.31. The predicted octanol–water partition coefficient (Wildman–Crippen LogP) is 3.69. The first kappa shape index (κ1) is 19.0. The van der Waals surface area contributed by atoms with E-state index in [0.29, 0.717) is 13.0 Å². The van der Waals surface area contributed by atoms with Crippen LogP contribution in [0.25, 0.3) is 0 Å². The van der Waals surface area contributed by atoms with Crippen molar-refractivity contribution in [2.75, 3.05) is 18.5 Å². The average Bonchev–Trinajstić information content (AvgIpc) is 3.14. The molecule has 27 heavy (non-hydrogen) atoms. The molecule has 2 aromatic rings. The van der Waals surface area contributed by atoms with E-state index in [1.807, 2.05) is 43.3 Å². The molecule has 0 aromatic heterocycles. The van der Waals surface area contributed by atoms with Gasteiger partial charge in [-0.1, -0.05) is 24.3 Å². The minimum absolute atomic E-state index is 0.205. The topological polar surface area (TPSA) is 64.6 Å². The number of carbonyl (C=O) groups is 2. The lowest BCUT2D eigenvalue weighted by Gasteiger charge is -2.10. The van der Waals surface area contributed by atoms with Gasteiger partial charge >= 0.3 is 5.97 Å². The number of hydrogen-bond acceptors (Lipinski definition) is 4. The third-order valence-corrected chi connectivity index (χ3v) is 4.62. The Morgan fingerprint density at radius 3 is 2.74 bits per heavy atom. The van der Waals surface area contributed by atoms with E-state index >= 15 is 0 Å². The number of fused-ring (bicyclic) bond motifs is 1. The molecule has 1 N–H and O–H groups in total. The van der Waals surface area contributed by atoms with Gasteiger partial charge in [-0.15, -0.1) is 0 Å². The maximum Gasteiger partial charge on any atom is 0.306 e. The van der Waals surface area contributed by atoms with Crippen molar-refractivity contribution in [3.8, 4) is 5.75 Å². The molecule has 5 heteroatoms. The van der Waals surface area contributed by atoms with Gasteiger partial charge in [0.2, 0.25) is 0 Å². The van der Waals surface area contributed by atoms with Crippen LogP contribution >= 0.6 is 0 Å². The highest BCUT2D eigenvalue weighted by molar-refractivity contribution is 5.92. The summed E-state index contributed by atoms with van der Waals surface area (Å²) in [7, 11) is 0. The second-order valence-corrected chi connectivity index (χ2v) is 6.59. The maximum absolute atomic E-state index is 12.0. The van der Waals surface area contributed by atoms with Crippen LogP contribution < -0.4 is 10.1 Å². The Bertz CT molecular complexity index is 816. The monoisotopic (exact) mass is 367 g/mol. The highest BCUT2D eigenvalue weighted by atomic mass is 16.5. The zero-order valence-corrected chi connectivity index (χ0v) is 15.6. The molecule has 1 aliphatic rings. The van der Waals surface area contributed by atoms with Gasteiger partial charge in [-0.2, -0.15) is 0 Å². The third-order valence-electron chi connectivity index (χ3n) is 4.62. The smallest absolute Gasteiger partial charge is 0.306 e. The summed E-state index contributed by atoms with van der Waals surface area (Å²) in [6.07, 6.45) is 4.04. The van der Waals surface area contributed by atoms with Crippen LogP contribution in [0.1, 0.15) is 36.5 Å². The van der Waals surface area contributed by atoms with Crippen molar-refractivity contribution in [2.24, 2.45) is 0 Å². The number of rotatable bonds is 8. The second kappa shape index (κ2) is 9.21. The van der Waals surface area contributed by atoms with Crippen molar-refractivity contribution < 1.29 is 19.1 Å². The van der Waals surface area contributed by atoms with Gasteiger partial charge in [0.05, 0.1) is 6.61 Å². The molecule has 0 atom stereocenters. The summed E-state index contributed by atoms with van der Waals surface area (Å²) in [4.78, 5) is 24.0. The van der Waals surface area contributed by atoms with Crippen LogP contribution in [0.5, 0.6) is 5.75 Å². The van der Waals surface area contributed by atoms with E-state index < -0.39 is 5.97 Å². The maximum atomic E-state index is 12.0. The van der Waals surface area contributed by atoms with Crippen molar-refractivity contribution in [1.82, 2.24) is 0 Å². The fourth-order valence-corrected chi connectivity index (χ4v) is 3.31. The largest absolute Gasteiger partial charge is 0.494 e. The standard InChI is InChI=1S/C22H25NO4/c1-2-26-20-9-4-3-6-17(20)11-13-22(25)27-15-21(24)23-19-12-10-16-7-5-8-18(16)14-19/h3-4,6,9-10,12,14H,2,5,7-8,11,13,15H2,1H3,(H,23,24). The quantitative estimate of drug-likeness (QED) is 0.723. The first-order valence-corrected chi connectivity index (χ1v) is 9.43. The summed E-state index contributed by atoms with van der Waals surface area (Å²) in [5.74, 6) is 0.0589. The van der Waals surface area contributed by atoms with Gasteiger partial charge < -0.3 is 14.8 Å². The Hall–Kier alpha value is -2.82. The number of para-hydroxylation sites is 1. The van der Waals surface area contributed by atoms with E-state index in [1.54, 1.807) is 0 Å². The summed E-state index contributed by atoms with van der Waals surface area (Å²) < 4.78 is 10.6. The lowest BCUT2D eigenvalue weighted by atomic mass is 10.1. The molecule has 2 aromatic carbocycles. The molecular weight excluding hydrogens is 342 g/mol. The van der Waals surface area contributed by atoms with Gasteiger partial charge in [-0.25, -0.2) is 0 Å². The van der Waals surface area contributed by atoms with E-state index in [2.05, 4.69) is 11.4 Å². The first-order chi connectivity index (χ1) is 13.2. The summed E-state index contributed by atoms with van der Waals surface area (Å²) in [6, 6.07) is 13.6. The fraction of sp³-hybridized carbons (Fsp3) is 0.364. The Morgan fingerprint density at radius 1 is 1.07 bits per heavy atom. The van der Waals surface area contributed by atoms with Crippen molar-refractivity contribution in [3.05, 3.63) is 59.2 Å². The van der Waals surface area contributed by atoms with Gasteiger partial charge in [0.25, 0.3) is 5.91 Å². The van der Waals surface area contributed by atoms with E-state index in [9.17, 15) is 9.59 Å².